The zero-order chi connectivity index (χ0) is 23.2. The Morgan fingerprint density at radius 3 is 2.61 bits per heavy atom. The molecule has 1 heterocycles. The Morgan fingerprint density at radius 1 is 1.06 bits per heavy atom. The molecule has 3 aromatic carbocycles. The highest BCUT2D eigenvalue weighted by Gasteiger charge is 2.27. The summed E-state index contributed by atoms with van der Waals surface area (Å²) in [6.07, 6.45) is 0.548. The van der Waals surface area contributed by atoms with Crippen LogP contribution in [-0.2, 0) is 4.79 Å². The van der Waals surface area contributed by atoms with Crippen LogP contribution in [0.5, 0.6) is 23.0 Å². The van der Waals surface area contributed by atoms with Gasteiger partial charge in [0.25, 0.3) is 5.91 Å². The van der Waals surface area contributed by atoms with Crippen LogP contribution < -0.4 is 24.4 Å². The lowest BCUT2D eigenvalue weighted by atomic mass is 10.2. The van der Waals surface area contributed by atoms with Crippen LogP contribution in [-0.4, -0.2) is 37.9 Å². The molecule has 1 aliphatic heterocycles. The van der Waals surface area contributed by atoms with Crippen molar-refractivity contribution in [2.24, 2.45) is 5.10 Å². The highest BCUT2D eigenvalue weighted by atomic mass is 19.1. The zero-order valence-corrected chi connectivity index (χ0v) is 17.5. The number of amides is 1. The molecular weight excluding hydrogens is 431 g/mol. The van der Waals surface area contributed by atoms with Crippen molar-refractivity contribution in [2.45, 2.75) is 6.10 Å². The first-order valence-corrected chi connectivity index (χ1v) is 9.91. The Balaban J connectivity index is 1.38. The molecule has 1 unspecified atom stereocenters. The molecule has 1 N–H and O–H groups in total. The lowest BCUT2D eigenvalue weighted by molar-refractivity contribution is -0.130. The van der Waals surface area contributed by atoms with Gasteiger partial charge in [0.1, 0.15) is 12.4 Å². The lowest BCUT2D eigenvalue weighted by Crippen LogP contribution is -2.42. The predicted octanol–water partition coefficient (Wildman–Crippen LogP) is 3.34. The number of hydrazone groups is 1. The number of halogens is 1. The summed E-state index contributed by atoms with van der Waals surface area (Å²) in [5.41, 5.74) is 2.77. The standard InChI is InChI=1S/C24H19FN2O6/c1-30-21-12-15(10-11-20(21)33-24(29)16-6-2-3-7-17(16)25)13-26-27-23(28)22-14-31-18-8-4-5-9-19(18)32-22/h2-13,22H,14H2,1H3,(H,27,28)/b26-13+. The monoisotopic (exact) mass is 450 g/mol. The quantitative estimate of drug-likeness (QED) is 0.268. The van der Waals surface area contributed by atoms with E-state index in [0.717, 1.165) is 0 Å². The molecular formula is C24H19FN2O6. The number of para-hydroxylation sites is 2. The first-order chi connectivity index (χ1) is 16.0. The molecule has 1 aliphatic rings. The molecule has 0 bridgehead atoms. The second-order valence-corrected chi connectivity index (χ2v) is 6.88. The van der Waals surface area contributed by atoms with Crippen molar-refractivity contribution in [3.63, 3.8) is 0 Å². The molecule has 9 heteroatoms. The van der Waals surface area contributed by atoms with Crippen LogP contribution >= 0.6 is 0 Å². The Labute approximate surface area is 188 Å². The van der Waals surface area contributed by atoms with Gasteiger partial charge in [-0.25, -0.2) is 14.6 Å². The Morgan fingerprint density at radius 2 is 1.82 bits per heavy atom. The van der Waals surface area contributed by atoms with Crippen molar-refractivity contribution in [1.29, 1.82) is 0 Å². The summed E-state index contributed by atoms with van der Waals surface area (Å²) in [6.45, 7) is 0.0638. The molecule has 8 nitrogen and oxygen atoms in total. The average Bonchev–Trinajstić information content (AvgIpc) is 2.84. The second kappa shape index (κ2) is 9.82. The maximum Gasteiger partial charge on any atom is 0.346 e. The summed E-state index contributed by atoms with van der Waals surface area (Å²) in [6, 6.07) is 17.2. The summed E-state index contributed by atoms with van der Waals surface area (Å²) >= 11 is 0. The number of ether oxygens (including phenoxy) is 4. The van der Waals surface area contributed by atoms with Crippen molar-refractivity contribution < 1.29 is 32.9 Å². The number of hydrogen-bond acceptors (Lipinski definition) is 7. The van der Waals surface area contributed by atoms with E-state index in [9.17, 15) is 14.0 Å². The highest BCUT2D eigenvalue weighted by Crippen LogP contribution is 2.31. The van der Waals surface area contributed by atoms with Crippen LogP contribution in [0.25, 0.3) is 0 Å². The molecule has 168 valence electrons. The minimum absolute atomic E-state index is 0.0638. The molecule has 1 atom stereocenters. The normalized spacial score (nSPS) is 14.5. The van der Waals surface area contributed by atoms with E-state index in [-0.39, 0.29) is 23.7 Å². The van der Waals surface area contributed by atoms with Gasteiger partial charge in [0.15, 0.2) is 23.0 Å². The molecule has 0 saturated carbocycles. The first kappa shape index (κ1) is 21.8. The summed E-state index contributed by atoms with van der Waals surface area (Å²) < 4.78 is 35.5. The van der Waals surface area contributed by atoms with Crippen molar-refractivity contribution >= 4 is 18.1 Å². The van der Waals surface area contributed by atoms with E-state index < -0.39 is 23.8 Å². The molecule has 0 fully saturated rings. The number of methoxy groups -OCH3 is 1. The topological polar surface area (TPSA) is 95.5 Å². The third-order valence-electron chi connectivity index (χ3n) is 4.67. The SMILES string of the molecule is COc1cc(/C=N/NC(=O)C2COc3ccccc3O2)ccc1OC(=O)c1ccccc1F. The number of nitrogens with zero attached hydrogens (tertiary/aromatic N) is 1. The summed E-state index contributed by atoms with van der Waals surface area (Å²) in [5.74, 6) is -0.601. The number of esters is 1. The van der Waals surface area contributed by atoms with E-state index in [1.54, 1.807) is 30.3 Å². The molecule has 0 aromatic heterocycles. The maximum absolute atomic E-state index is 13.8. The zero-order valence-electron chi connectivity index (χ0n) is 17.5. The number of carbonyl (C=O) groups is 2. The molecule has 0 aliphatic carbocycles. The minimum Gasteiger partial charge on any atom is -0.493 e. The summed E-state index contributed by atoms with van der Waals surface area (Å²) in [7, 11) is 1.40. The molecule has 0 radical (unpaired) electrons. The predicted molar refractivity (Wildman–Crippen MR) is 116 cm³/mol. The van der Waals surface area contributed by atoms with Gasteiger partial charge in [-0.1, -0.05) is 24.3 Å². The van der Waals surface area contributed by atoms with Crippen LogP contribution in [0.2, 0.25) is 0 Å². The molecule has 0 saturated heterocycles. The van der Waals surface area contributed by atoms with Gasteiger partial charge >= 0.3 is 5.97 Å². The number of hydrogen-bond donors (Lipinski definition) is 1. The summed E-state index contributed by atoms with van der Waals surface area (Å²) in [4.78, 5) is 24.6. The van der Waals surface area contributed by atoms with Crippen molar-refractivity contribution in [3.05, 3.63) is 83.7 Å². The second-order valence-electron chi connectivity index (χ2n) is 6.88. The fourth-order valence-electron chi connectivity index (χ4n) is 3.02. The smallest absolute Gasteiger partial charge is 0.346 e. The van der Waals surface area contributed by atoms with Crippen molar-refractivity contribution in [2.75, 3.05) is 13.7 Å². The number of fused-ring (bicyclic) bond motifs is 1. The number of nitrogens with one attached hydrogen (secondary N) is 1. The van der Waals surface area contributed by atoms with E-state index >= 15 is 0 Å². The van der Waals surface area contributed by atoms with Gasteiger partial charge in [0.2, 0.25) is 6.10 Å². The maximum atomic E-state index is 13.8. The van der Waals surface area contributed by atoms with Crippen molar-refractivity contribution in [3.8, 4) is 23.0 Å². The van der Waals surface area contributed by atoms with Gasteiger partial charge in [0.05, 0.1) is 18.9 Å². The number of carbonyl (C=O) groups excluding carboxylic acids is 2. The highest BCUT2D eigenvalue weighted by molar-refractivity contribution is 5.92. The Hall–Kier alpha value is -4.40. The van der Waals surface area contributed by atoms with Gasteiger partial charge < -0.3 is 18.9 Å². The van der Waals surface area contributed by atoms with E-state index in [1.807, 2.05) is 6.07 Å². The van der Waals surface area contributed by atoms with E-state index in [1.165, 1.54) is 43.7 Å². The van der Waals surface area contributed by atoms with Gasteiger partial charge in [0, 0.05) is 0 Å². The third kappa shape index (κ3) is 5.09. The Kier molecular flexibility index (Phi) is 6.49. The van der Waals surface area contributed by atoms with Crippen LogP contribution in [0.4, 0.5) is 4.39 Å². The fourth-order valence-corrected chi connectivity index (χ4v) is 3.02. The van der Waals surface area contributed by atoms with Crippen LogP contribution in [0.1, 0.15) is 15.9 Å². The van der Waals surface area contributed by atoms with Gasteiger partial charge in [-0.15, -0.1) is 0 Å². The average molecular weight is 450 g/mol. The van der Waals surface area contributed by atoms with Gasteiger partial charge in [-0.05, 0) is 48.0 Å². The number of benzene rings is 3. The lowest BCUT2D eigenvalue weighted by Gasteiger charge is -2.24. The van der Waals surface area contributed by atoms with Crippen molar-refractivity contribution in [1.82, 2.24) is 5.43 Å². The first-order valence-electron chi connectivity index (χ1n) is 9.91. The fraction of sp³-hybridized carbons (Fsp3) is 0.125. The van der Waals surface area contributed by atoms with E-state index in [2.05, 4.69) is 10.5 Å². The molecule has 4 rings (SSSR count). The van der Waals surface area contributed by atoms with Gasteiger partial charge in [-0.2, -0.15) is 5.10 Å². The van der Waals surface area contributed by atoms with E-state index in [0.29, 0.717) is 17.1 Å². The van der Waals surface area contributed by atoms with Crippen LogP contribution in [0.15, 0.2) is 71.8 Å². The largest absolute Gasteiger partial charge is 0.493 e. The van der Waals surface area contributed by atoms with Crippen LogP contribution in [0, 0.1) is 5.82 Å². The van der Waals surface area contributed by atoms with Gasteiger partial charge in [-0.3, -0.25) is 4.79 Å². The molecule has 33 heavy (non-hydrogen) atoms. The van der Waals surface area contributed by atoms with E-state index in [4.69, 9.17) is 18.9 Å². The number of rotatable bonds is 6. The molecule has 3 aromatic rings. The summed E-state index contributed by atoms with van der Waals surface area (Å²) in [5, 5.41) is 3.92. The molecule has 1 amide bonds. The Bertz CT molecular complexity index is 1210. The third-order valence-corrected chi connectivity index (χ3v) is 4.67. The van der Waals surface area contributed by atoms with Crippen LogP contribution in [0.3, 0.4) is 0 Å². The minimum atomic E-state index is -0.851. The molecule has 0 spiro atoms.